The molecule has 0 radical (unpaired) electrons. The fourth-order valence-electron chi connectivity index (χ4n) is 7.20. The minimum absolute atomic E-state index is 0.00379. The zero-order valence-electron chi connectivity index (χ0n) is 23.5. The Morgan fingerprint density at radius 2 is 1.33 bits per heavy atom. The van der Waals surface area contributed by atoms with Crippen LogP contribution in [0.4, 0.5) is 0 Å². The van der Waals surface area contributed by atoms with Crippen LogP contribution in [-0.2, 0) is 9.16 Å². The molecule has 216 valence electrons. The number of rotatable bonds is 6. The monoisotopic (exact) mass is 589 g/mol. The van der Waals surface area contributed by atoms with Gasteiger partial charge in [0.15, 0.2) is 0 Å². The van der Waals surface area contributed by atoms with Crippen molar-refractivity contribution in [2.24, 2.45) is 5.41 Å². The molecule has 0 aromatic heterocycles. The average Bonchev–Trinajstić information content (AvgIpc) is 3.49. The van der Waals surface area contributed by atoms with Crippen LogP contribution in [0.1, 0.15) is 43.9 Å². The van der Waals surface area contributed by atoms with Crippen LogP contribution in [-0.4, -0.2) is 61.0 Å². The van der Waals surface area contributed by atoms with Crippen molar-refractivity contribution in [2.45, 2.75) is 37.1 Å². The van der Waals surface area contributed by atoms with E-state index in [9.17, 15) is 19.5 Å². The van der Waals surface area contributed by atoms with Crippen LogP contribution in [0.2, 0.25) is 6.04 Å². The molecule has 1 unspecified atom stereocenters. The number of ether oxygens (including phenoxy) is 1. The molecule has 1 aliphatic carbocycles. The Labute approximate surface area is 250 Å². The number of imide groups is 1. The topological polar surface area (TPSA) is 93.1 Å². The summed E-state index contributed by atoms with van der Waals surface area (Å²) >= 11 is 0. The summed E-state index contributed by atoms with van der Waals surface area (Å²) in [6, 6.07) is 35.6. The third-order valence-electron chi connectivity index (χ3n) is 9.36. The molecule has 1 saturated heterocycles. The van der Waals surface area contributed by atoms with Gasteiger partial charge in [-0.05, 0) is 53.5 Å². The molecule has 7 rings (SSSR count). The van der Waals surface area contributed by atoms with Crippen LogP contribution >= 0.6 is 0 Å². The van der Waals surface area contributed by atoms with Crippen LogP contribution in [0.5, 0.6) is 0 Å². The van der Waals surface area contributed by atoms with Crippen LogP contribution < -0.4 is 10.4 Å². The van der Waals surface area contributed by atoms with E-state index in [-0.39, 0.29) is 13.0 Å². The molecule has 3 aliphatic rings. The standard InChI is InChI=1S/C35H31NO6Si/c37-30-29(36-32(38)27-18-10-11-19-28(27)33(36)39)22-35(23-41-34(40)24-12-4-1-5-13-24)20-21-43(42-31(30)35,25-14-6-2-7-15-25)26-16-8-3-9-17-26/h1-19,29-31,37H,20-23H2/t29-,30+,31?,35-/m1/s1. The van der Waals surface area contributed by atoms with Gasteiger partial charge in [0.25, 0.3) is 20.1 Å². The Balaban J connectivity index is 1.28. The van der Waals surface area contributed by atoms with E-state index in [0.29, 0.717) is 29.2 Å². The van der Waals surface area contributed by atoms with Crippen LogP contribution in [0, 0.1) is 5.41 Å². The number of benzene rings is 4. The number of aliphatic hydroxyl groups is 1. The summed E-state index contributed by atoms with van der Waals surface area (Å²) in [5, 5.41) is 14.2. The van der Waals surface area contributed by atoms with Gasteiger partial charge in [-0.3, -0.25) is 14.5 Å². The summed E-state index contributed by atoms with van der Waals surface area (Å²) in [6.07, 6.45) is -1.09. The number of carbonyl (C=O) groups is 3. The van der Waals surface area contributed by atoms with Gasteiger partial charge in [0.05, 0.1) is 35.4 Å². The van der Waals surface area contributed by atoms with Gasteiger partial charge in [-0.1, -0.05) is 91.0 Å². The summed E-state index contributed by atoms with van der Waals surface area (Å²) < 4.78 is 13.1. The Morgan fingerprint density at radius 3 is 1.88 bits per heavy atom. The first kappa shape index (κ1) is 27.5. The largest absolute Gasteiger partial charge is 0.461 e. The first-order valence-electron chi connectivity index (χ1n) is 14.6. The van der Waals surface area contributed by atoms with Gasteiger partial charge in [0, 0.05) is 5.41 Å². The fourth-order valence-corrected chi connectivity index (χ4v) is 11.6. The maximum atomic E-state index is 13.5. The minimum atomic E-state index is -2.89. The molecule has 2 amide bonds. The van der Waals surface area contributed by atoms with Gasteiger partial charge in [-0.25, -0.2) is 4.79 Å². The molecule has 4 aromatic carbocycles. The van der Waals surface area contributed by atoms with E-state index < -0.39 is 49.8 Å². The van der Waals surface area contributed by atoms with Crippen molar-refractivity contribution in [3.63, 3.8) is 0 Å². The zero-order valence-corrected chi connectivity index (χ0v) is 24.5. The van der Waals surface area contributed by atoms with E-state index in [4.69, 9.17) is 9.16 Å². The third kappa shape index (κ3) is 4.45. The maximum absolute atomic E-state index is 13.5. The van der Waals surface area contributed by atoms with Gasteiger partial charge in [0.1, 0.15) is 6.10 Å². The first-order valence-corrected chi connectivity index (χ1v) is 16.7. The normalized spacial score (nSPS) is 25.7. The lowest BCUT2D eigenvalue weighted by molar-refractivity contribution is -0.0575. The summed E-state index contributed by atoms with van der Waals surface area (Å²) in [7, 11) is -2.89. The smallest absolute Gasteiger partial charge is 0.338 e. The molecule has 2 fully saturated rings. The predicted molar refractivity (Wildman–Crippen MR) is 163 cm³/mol. The van der Waals surface area contributed by atoms with E-state index in [1.54, 1.807) is 48.5 Å². The summed E-state index contributed by atoms with van der Waals surface area (Å²) in [6.45, 7) is -0.00379. The Hall–Kier alpha value is -4.37. The lowest BCUT2D eigenvalue weighted by atomic mass is 9.81. The third-order valence-corrected chi connectivity index (χ3v) is 13.5. The van der Waals surface area contributed by atoms with Gasteiger partial charge >= 0.3 is 5.97 Å². The van der Waals surface area contributed by atoms with Gasteiger partial charge in [-0.2, -0.15) is 0 Å². The molecule has 0 bridgehead atoms. The number of fused-ring (bicyclic) bond motifs is 2. The molecule has 4 atom stereocenters. The number of amides is 2. The van der Waals surface area contributed by atoms with Crippen molar-refractivity contribution in [2.75, 3.05) is 6.61 Å². The van der Waals surface area contributed by atoms with Gasteiger partial charge in [-0.15, -0.1) is 0 Å². The van der Waals surface area contributed by atoms with Crippen molar-refractivity contribution in [1.29, 1.82) is 0 Å². The lowest BCUT2D eigenvalue weighted by Crippen LogP contribution is -2.68. The molecule has 7 nitrogen and oxygen atoms in total. The molecule has 43 heavy (non-hydrogen) atoms. The molecular formula is C35H31NO6Si. The van der Waals surface area contributed by atoms with Crippen molar-refractivity contribution >= 4 is 36.5 Å². The molecule has 1 N–H and O–H groups in total. The highest BCUT2D eigenvalue weighted by atomic mass is 28.4. The Bertz CT molecular complexity index is 1610. The van der Waals surface area contributed by atoms with E-state index in [1.165, 1.54) is 4.90 Å². The van der Waals surface area contributed by atoms with Crippen molar-refractivity contribution in [3.05, 3.63) is 132 Å². The van der Waals surface area contributed by atoms with Crippen molar-refractivity contribution in [1.82, 2.24) is 4.90 Å². The highest BCUT2D eigenvalue weighted by molar-refractivity contribution is 6.97. The highest BCUT2D eigenvalue weighted by Crippen LogP contribution is 2.52. The second-order valence-corrected chi connectivity index (χ2v) is 15.2. The number of carbonyl (C=O) groups excluding carboxylic acids is 3. The molecule has 2 aliphatic heterocycles. The fraction of sp³-hybridized carbons (Fsp3) is 0.229. The van der Waals surface area contributed by atoms with E-state index in [0.717, 1.165) is 10.4 Å². The Morgan fingerprint density at radius 1 is 0.814 bits per heavy atom. The number of hydrogen-bond acceptors (Lipinski definition) is 6. The van der Waals surface area contributed by atoms with E-state index in [1.807, 2.05) is 42.5 Å². The van der Waals surface area contributed by atoms with Crippen molar-refractivity contribution in [3.8, 4) is 0 Å². The van der Waals surface area contributed by atoms with Crippen molar-refractivity contribution < 1.29 is 28.7 Å². The molecular weight excluding hydrogens is 558 g/mol. The Kier molecular flexibility index (Phi) is 6.84. The molecule has 1 saturated carbocycles. The van der Waals surface area contributed by atoms with Gasteiger partial charge < -0.3 is 14.3 Å². The highest BCUT2D eigenvalue weighted by Gasteiger charge is 2.64. The average molecular weight is 590 g/mol. The minimum Gasteiger partial charge on any atom is -0.461 e. The van der Waals surface area contributed by atoms with E-state index >= 15 is 0 Å². The first-order chi connectivity index (χ1) is 20.9. The maximum Gasteiger partial charge on any atom is 0.338 e. The van der Waals surface area contributed by atoms with E-state index in [2.05, 4.69) is 24.3 Å². The zero-order chi connectivity index (χ0) is 29.6. The number of hydrogen-bond donors (Lipinski definition) is 1. The molecule has 8 heteroatoms. The lowest BCUT2D eigenvalue weighted by Gasteiger charge is -2.48. The number of esters is 1. The second kappa shape index (κ2) is 10.7. The van der Waals surface area contributed by atoms with Crippen LogP contribution in [0.3, 0.4) is 0 Å². The number of aliphatic hydroxyl groups excluding tert-OH is 1. The number of nitrogens with zero attached hydrogens (tertiary/aromatic N) is 1. The second-order valence-electron chi connectivity index (χ2n) is 11.7. The summed E-state index contributed by atoms with van der Waals surface area (Å²) in [5.74, 6) is -1.31. The SMILES string of the molecule is O=C(OC[C@]12CC[Si](c3ccccc3)(c3ccccc3)OC1[C@@H](O)[C@H](N1C(=O)c3ccccc3C1=O)C2)c1ccccc1. The van der Waals surface area contributed by atoms with Crippen LogP contribution in [0.15, 0.2) is 115 Å². The van der Waals surface area contributed by atoms with Gasteiger partial charge in [0.2, 0.25) is 0 Å². The summed E-state index contributed by atoms with van der Waals surface area (Å²) in [4.78, 5) is 41.4. The molecule has 0 spiro atoms. The predicted octanol–water partition coefficient (Wildman–Crippen LogP) is 3.81. The van der Waals surface area contributed by atoms with Crippen LogP contribution in [0.25, 0.3) is 0 Å². The summed E-state index contributed by atoms with van der Waals surface area (Å²) in [5.41, 5.74) is 0.291. The quantitative estimate of drug-likeness (QED) is 0.209. The molecule has 2 heterocycles. The molecule has 4 aromatic rings.